The van der Waals surface area contributed by atoms with Crippen LogP contribution in [0.15, 0.2) is 54.2 Å². The number of nitrogens with zero attached hydrogens (tertiary/aromatic N) is 2. The van der Waals surface area contributed by atoms with Gasteiger partial charge in [-0.2, -0.15) is 5.10 Å². The molecule has 0 aliphatic rings. The minimum absolute atomic E-state index is 0.329. The van der Waals surface area contributed by atoms with Gasteiger partial charge in [-0.15, -0.1) is 0 Å². The smallest absolute Gasteiger partial charge is 0.260 e. The maximum atomic E-state index is 12.4. The average Bonchev–Trinajstić information content (AvgIpc) is 2.73. The third kappa shape index (κ3) is 7.28. The van der Waals surface area contributed by atoms with E-state index in [0.717, 1.165) is 10.6 Å². The van der Waals surface area contributed by atoms with Crippen LogP contribution in [0.4, 0.5) is 5.69 Å². The molecular weight excluding hydrogens is 454 g/mol. The predicted molar refractivity (Wildman–Crippen MR) is 127 cm³/mol. The third-order valence-electron chi connectivity index (χ3n) is 4.15. The van der Waals surface area contributed by atoms with Crippen LogP contribution in [0.2, 0.25) is 5.02 Å². The van der Waals surface area contributed by atoms with Crippen molar-refractivity contribution in [2.75, 3.05) is 30.3 Å². The normalized spacial score (nSPS) is 11.2. The topological polar surface area (TPSA) is 97.3 Å². The fraction of sp³-hybridized carbons (Fsp3) is 0.273. The highest BCUT2D eigenvalue weighted by Crippen LogP contribution is 2.28. The van der Waals surface area contributed by atoms with Gasteiger partial charge >= 0.3 is 0 Å². The van der Waals surface area contributed by atoms with Gasteiger partial charge in [0.25, 0.3) is 5.91 Å². The number of aryl methyl sites for hydroxylation is 1. The fourth-order valence-electron chi connectivity index (χ4n) is 2.72. The second kappa shape index (κ2) is 11.5. The van der Waals surface area contributed by atoms with Gasteiger partial charge in [0, 0.05) is 5.02 Å². The molecule has 0 atom stereocenters. The van der Waals surface area contributed by atoms with Gasteiger partial charge in [0.05, 0.1) is 24.8 Å². The largest absolute Gasteiger partial charge is 0.490 e. The molecule has 0 aliphatic carbocycles. The molecule has 0 aliphatic heterocycles. The Morgan fingerprint density at radius 2 is 1.97 bits per heavy atom. The number of halogens is 1. The van der Waals surface area contributed by atoms with E-state index in [1.54, 1.807) is 43.3 Å². The molecule has 2 aromatic rings. The van der Waals surface area contributed by atoms with Gasteiger partial charge in [0.1, 0.15) is 13.2 Å². The monoisotopic (exact) mass is 479 g/mol. The number of ether oxygens (including phenoxy) is 2. The van der Waals surface area contributed by atoms with Crippen molar-refractivity contribution in [3.05, 3.63) is 65.2 Å². The molecule has 0 spiro atoms. The molecular formula is C22H26ClN3O5S. The molecule has 0 radical (unpaired) electrons. The van der Waals surface area contributed by atoms with E-state index in [0.29, 0.717) is 46.5 Å². The van der Waals surface area contributed by atoms with E-state index in [1.165, 1.54) is 12.3 Å². The van der Waals surface area contributed by atoms with E-state index in [9.17, 15) is 13.2 Å². The van der Waals surface area contributed by atoms with E-state index in [-0.39, 0.29) is 0 Å². The lowest BCUT2D eigenvalue weighted by Crippen LogP contribution is -2.39. The van der Waals surface area contributed by atoms with Crippen LogP contribution < -0.4 is 19.2 Å². The average molecular weight is 480 g/mol. The third-order valence-corrected chi connectivity index (χ3v) is 5.52. The van der Waals surface area contributed by atoms with Gasteiger partial charge < -0.3 is 9.47 Å². The summed E-state index contributed by atoms with van der Waals surface area (Å²) in [5, 5.41) is 4.28. The van der Waals surface area contributed by atoms with Crippen molar-refractivity contribution in [2.45, 2.75) is 13.8 Å². The lowest BCUT2D eigenvalue weighted by atomic mass is 10.2. The Bertz CT molecular complexity index is 1100. The zero-order valence-corrected chi connectivity index (χ0v) is 19.7. The standard InChI is InChI=1S/C22H26ClN3O5S/c1-5-11-31-20-10-8-17(12-21(20)30-6-2)14-24-25-22(27)15-26(32(4,28)29)19-13-18(23)9-7-16(19)3/h5,7-10,12-14H,1,6,11,15H2,2-4H3,(H,25,27)/b24-14-. The number of carbonyl (C=O) groups excluding carboxylic acids is 1. The maximum absolute atomic E-state index is 12.4. The molecule has 0 fully saturated rings. The predicted octanol–water partition coefficient (Wildman–Crippen LogP) is 3.53. The van der Waals surface area contributed by atoms with Crippen LogP contribution in [-0.4, -0.2) is 46.6 Å². The Morgan fingerprint density at radius 3 is 2.62 bits per heavy atom. The van der Waals surface area contributed by atoms with Gasteiger partial charge in [0.2, 0.25) is 10.0 Å². The zero-order valence-electron chi connectivity index (χ0n) is 18.2. The van der Waals surface area contributed by atoms with E-state index in [4.69, 9.17) is 21.1 Å². The molecule has 2 aromatic carbocycles. The van der Waals surface area contributed by atoms with Crippen molar-refractivity contribution in [3.63, 3.8) is 0 Å². The van der Waals surface area contributed by atoms with Crippen LogP contribution in [0.3, 0.4) is 0 Å². The number of nitrogens with one attached hydrogen (secondary N) is 1. The molecule has 0 aromatic heterocycles. The van der Waals surface area contributed by atoms with Crippen LogP contribution >= 0.6 is 11.6 Å². The van der Waals surface area contributed by atoms with Crippen LogP contribution in [0.1, 0.15) is 18.1 Å². The Morgan fingerprint density at radius 1 is 1.22 bits per heavy atom. The van der Waals surface area contributed by atoms with E-state index in [1.807, 2.05) is 6.92 Å². The highest BCUT2D eigenvalue weighted by molar-refractivity contribution is 7.92. The molecule has 10 heteroatoms. The van der Waals surface area contributed by atoms with E-state index < -0.39 is 22.5 Å². The molecule has 0 bridgehead atoms. The molecule has 172 valence electrons. The number of anilines is 1. The quantitative estimate of drug-likeness (QED) is 0.302. The molecule has 8 nitrogen and oxygen atoms in total. The summed E-state index contributed by atoms with van der Waals surface area (Å²) in [4.78, 5) is 12.4. The number of hydrazone groups is 1. The van der Waals surface area contributed by atoms with E-state index >= 15 is 0 Å². The van der Waals surface area contributed by atoms with E-state index in [2.05, 4.69) is 17.1 Å². The first-order valence-electron chi connectivity index (χ1n) is 9.72. The zero-order chi connectivity index (χ0) is 23.7. The van der Waals surface area contributed by atoms with Crippen molar-refractivity contribution < 1.29 is 22.7 Å². The fourth-order valence-corrected chi connectivity index (χ4v) is 3.79. The number of amides is 1. The summed E-state index contributed by atoms with van der Waals surface area (Å²) >= 11 is 6.00. The first-order chi connectivity index (χ1) is 15.2. The molecule has 0 saturated heterocycles. The highest BCUT2D eigenvalue weighted by atomic mass is 35.5. The van der Waals surface area contributed by atoms with Crippen molar-refractivity contribution in [1.82, 2.24) is 5.43 Å². The van der Waals surface area contributed by atoms with Crippen molar-refractivity contribution >= 4 is 39.4 Å². The second-order valence-electron chi connectivity index (χ2n) is 6.73. The summed E-state index contributed by atoms with van der Waals surface area (Å²) in [6, 6.07) is 10.0. The molecule has 32 heavy (non-hydrogen) atoms. The van der Waals surface area contributed by atoms with Crippen LogP contribution in [-0.2, 0) is 14.8 Å². The minimum Gasteiger partial charge on any atom is -0.490 e. The van der Waals surface area contributed by atoms with Crippen molar-refractivity contribution in [1.29, 1.82) is 0 Å². The SMILES string of the molecule is C=CCOc1ccc(/C=N\NC(=O)CN(c2cc(Cl)ccc2C)S(C)(=O)=O)cc1OCC. The number of hydrogen-bond acceptors (Lipinski definition) is 6. The Labute approximate surface area is 193 Å². The molecule has 1 N–H and O–H groups in total. The van der Waals surface area contributed by atoms with Crippen LogP contribution in [0, 0.1) is 6.92 Å². The Hall–Kier alpha value is -3.04. The number of sulfonamides is 1. The molecule has 0 unspecified atom stereocenters. The number of carbonyl (C=O) groups is 1. The van der Waals surface area contributed by atoms with Crippen molar-refractivity contribution in [2.24, 2.45) is 5.10 Å². The molecule has 0 heterocycles. The van der Waals surface area contributed by atoms with Gasteiger partial charge in [0.15, 0.2) is 11.5 Å². The summed E-state index contributed by atoms with van der Waals surface area (Å²) in [5.74, 6) is 0.486. The number of rotatable bonds is 11. The number of benzene rings is 2. The molecule has 1 amide bonds. The summed E-state index contributed by atoms with van der Waals surface area (Å²) in [5.41, 5.74) is 4.00. The van der Waals surface area contributed by atoms with Gasteiger partial charge in [-0.1, -0.05) is 30.3 Å². The van der Waals surface area contributed by atoms with Crippen LogP contribution in [0.5, 0.6) is 11.5 Å². The second-order valence-corrected chi connectivity index (χ2v) is 9.08. The first-order valence-corrected chi connectivity index (χ1v) is 11.9. The highest BCUT2D eigenvalue weighted by Gasteiger charge is 2.22. The minimum atomic E-state index is -3.73. The molecule has 0 saturated carbocycles. The van der Waals surface area contributed by atoms with Gasteiger partial charge in [-0.3, -0.25) is 9.10 Å². The van der Waals surface area contributed by atoms with Crippen LogP contribution in [0.25, 0.3) is 0 Å². The summed E-state index contributed by atoms with van der Waals surface area (Å²) < 4.78 is 36.6. The van der Waals surface area contributed by atoms with Crippen molar-refractivity contribution in [3.8, 4) is 11.5 Å². The van der Waals surface area contributed by atoms with Gasteiger partial charge in [-0.25, -0.2) is 13.8 Å². The number of hydrogen-bond donors (Lipinski definition) is 1. The summed E-state index contributed by atoms with van der Waals surface area (Å²) in [7, 11) is -3.73. The summed E-state index contributed by atoms with van der Waals surface area (Å²) in [6.07, 6.45) is 4.08. The maximum Gasteiger partial charge on any atom is 0.260 e. The lowest BCUT2D eigenvalue weighted by Gasteiger charge is -2.23. The first kappa shape index (κ1) is 25.2. The van der Waals surface area contributed by atoms with Gasteiger partial charge in [-0.05, 0) is 55.3 Å². The lowest BCUT2D eigenvalue weighted by molar-refractivity contribution is -0.119. The Kier molecular flexibility index (Phi) is 9.10. The molecule has 2 rings (SSSR count). The summed E-state index contributed by atoms with van der Waals surface area (Å²) in [6.45, 7) is 7.55. The Balaban J connectivity index is 2.12.